The Morgan fingerprint density at radius 3 is 2.46 bits per heavy atom. The number of rotatable bonds is 5. The van der Waals surface area contributed by atoms with E-state index < -0.39 is 11.6 Å². The first-order chi connectivity index (χ1) is 12.5. The van der Waals surface area contributed by atoms with E-state index in [1.807, 2.05) is 0 Å². The summed E-state index contributed by atoms with van der Waals surface area (Å²) < 4.78 is 26.7. The van der Waals surface area contributed by atoms with E-state index in [1.54, 1.807) is 30.3 Å². The van der Waals surface area contributed by atoms with Gasteiger partial charge in [-0.1, -0.05) is 18.2 Å². The number of nitrogen functional groups attached to an aromatic ring is 1. The molecule has 9 heteroatoms. The molecule has 0 aliphatic carbocycles. The normalized spacial score (nSPS) is 10.2. The number of hydrazine groups is 1. The highest BCUT2D eigenvalue weighted by Crippen LogP contribution is 2.26. The van der Waals surface area contributed by atoms with E-state index in [-0.39, 0.29) is 28.9 Å². The molecular formula is C17H14F2N6O. The number of anilines is 4. The number of carbonyl (C=O) groups excluding carboxylic acids is 1. The number of amides is 1. The first kappa shape index (κ1) is 17.1. The van der Waals surface area contributed by atoms with Crippen molar-refractivity contribution in [3.63, 3.8) is 0 Å². The van der Waals surface area contributed by atoms with Crippen LogP contribution in [0.4, 0.5) is 31.8 Å². The monoisotopic (exact) mass is 356 g/mol. The fraction of sp³-hybridized carbons (Fsp3) is 0. The van der Waals surface area contributed by atoms with Gasteiger partial charge in [-0.15, -0.1) is 0 Å². The van der Waals surface area contributed by atoms with Crippen LogP contribution in [0.2, 0.25) is 0 Å². The summed E-state index contributed by atoms with van der Waals surface area (Å²) >= 11 is 0. The van der Waals surface area contributed by atoms with E-state index in [1.165, 1.54) is 12.4 Å². The zero-order valence-electron chi connectivity index (χ0n) is 13.3. The number of hydrogen-bond acceptors (Lipinski definition) is 6. The van der Waals surface area contributed by atoms with E-state index in [9.17, 15) is 13.6 Å². The molecule has 3 aromatic rings. The summed E-state index contributed by atoms with van der Waals surface area (Å²) in [6, 6.07) is 11.6. The minimum Gasteiger partial charge on any atom is -0.393 e. The number of benzene rings is 2. The number of halogens is 2. The van der Waals surface area contributed by atoms with Crippen LogP contribution < -0.4 is 21.9 Å². The van der Waals surface area contributed by atoms with Gasteiger partial charge in [-0.25, -0.2) is 18.7 Å². The van der Waals surface area contributed by atoms with Crippen molar-refractivity contribution >= 4 is 28.9 Å². The smallest absolute Gasteiger partial charge is 0.269 e. The zero-order valence-corrected chi connectivity index (χ0v) is 13.3. The molecule has 7 nitrogen and oxygen atoms in total. The Labute approximate surface area is 147 Å². The Morgan fingerprint density at radius 1 is 1.00 bits per heavy atom. The number of aromatic nitrogens is 2. The molecule has 0 spiro atoms. The molecule has 0 aliphatic heterocycles. The van der Waals surface area contributed by atoms with E-state index in [2.05, 4.69) is 26.1 Å². The van der Waals surface area contributed by atoms with Crippen LogP contribution in [0.15, 0.2) is 54.9 Å². The fourth-order valence-electron chi connectivity index (χ4n) is 2.09. The minimum atomic E-state index is -0.796. The molecule has 0 fully saturated rings. The van der Waals surface area contributed by atoms with Gasteiger partial charge in [0.1, 0.15) is 23.6 Å². The van der Waals surface area contributed by atoms with Gasteiger partial charge >= 0.3 is 0 Å². The summed E-state index contributed by atoms with van der Waals surface area (Å²) in [5.74, 6) is -1.66. The van der Waals surface area contributed by atoms with Gasteiger partial charge in [0.2, 0.25) is 0 Å². The lowest BCUT2D eigenvalue weighted by molar-refractivity contribution is 0.0962. The second-order valence-corrected chi connectivity index (χ2v) is 5.18. The Hall–Kier alpha value is -3.75. The van der Waals surface area contributed by atoms with Crippen LogP contribution >= 0.6 is 0 Å². The van der Waals surface area contributed by atoms with Crippen LogP contribution in [0.25, 0.3) is 0 Å². The average Bonchev–Trinajstić information content (AvgIpc) is 2.65. The van der Waals surface area contributed by atoms with Gasteiger partial charge in [0, 0.05) is 11.6 Å². The van der Waals surface area contributed by atoms with Crippen molar-refractivity contribution < 1.29 is 13.6 Å². The molecule has 0 bridgehead atoms. The van der Waals surface area contributed by atoms with Crippen molar-refractivity contribution in [1.82, 2.24) is 15.4 Å². The molecule has 1 aromatic heterocycles. The van der Waals surface area contributed by atoms with Crippen LogP contribution in [0, 0.1) is 11.6 Å². The number of carbonyl (C=O) groups is 1. The maximum Gasteiger partial charge on any atom is 0.269 e. The molecule has 0 aliphatic rings. The molecular weight excluding hydrogens is 342 g/mol. The topological polar surface area (TPSA) is 105 Å². The van der Waals surface area contributed by atoms with Crippen molar-refractivity contribution in [3.8, 4) is 0 Å². The molecule has 0 atom stereocenters. The molecule has 0 radical (unpaired) electrons. The maximum atomic E-state index is 13.8. The molecule has 0 saturated heterocycles. The van der Waals surface area contributed by atoms with Crippen LogP contribution in [0.1, 0.15) is 10.4 Å². The SMILES string of the molecule is Nc1c(NNC(=O)c2ccccc2)ncnc1Nc1ccc(F)cc1F. The molecule has 132 valence electrons. The van der Waals surface area contributed by atoms with Crippen molar-refractivity contribution in [2.45, 2.75) is 0 Å². The Morgan fingerprint density at radius 2 is 1.73 bits per heavy atom. The van der Waals surface area contributed by atoms with Crippen molar-refractivity contribution in [3.05, 3.63) is 72.1 Å². The average molecular weight is 356 g/mol. The van der Waals surface area contributed by atoms with Crippen molar-refractivity contribution in [1.29, 1.82) is 0 Å². The first-order valence-electron chi connectivity index (χ1n) is 7.48. The lowest BCUT2D eigenvalue weighted by atomic mass is 10.2. The molecule has 3 rings (SSSR count). The standard InChI is InChI=1S/C17H14F2N6O/c18-11-6-7-13(12(19)8-11)23-15-14(20)16(22-9-21-15)24-25-17(26)10-4-2-1-3-5-10/h1-9H,20H2,(H,25,26)(H2,21,22,23,24). The molecule has 26 heavy (non-hydrogen) atoms. The largest absolute Gasteiger partial charge is 0.393 e. The lowest BCUT2D eigenvalue weighted by Crippen LogP contribution is -2.30. The second kappa shape index (κ2) is 7.43. The molecule has 0 saturated carbocycles. The van der Waals surface area contributed by atoms with Gasteiger partial charge in [0.15, 0.2) is 11.6 Å². The highest BCUT2D eigenvalue weighted by molar-refractivity contribution is 5.95. The lowest BCUT2D eigenvalue weighted by Gasteiger charge is -2.13. The van der Waals surface area contributed by atoms with E-state index in [4.69, 9.17) is 5.73 Å². The fourth-order valence-corrected chi connectivity index (χ4v) is 2.09. The Kier molecular flexibility index (Phi) is 4.88. The summed E-state index contributed by atoms with van der Waals surface area (Å²) in [6.45, 7) is 0. The van der Waals surface area contributed by atoms with Crippen LogP contribution in [-0.4, -0.2) is 15.9 Å². The van der Waals surface area contributed by atoms with Crippen molar-refractivity contribution in [2.24, 2.45) is 0 Å². The zero-order chi connectivity index (χ0) is 18.5. The third kappa shape index (κ3) is 3.83. The minimum absolute atomic E-state index is 0.00364. The van der Waals surface area contributed by atoms with Crippen LogP contribution in [0.3, 0.4) is 0 Å². The summed E-state index contributed by atoms with van der Waals surface area (Å²) in [7, 11) is 0. The quantitative estimate of drug-likeness (QED) is 0.524. The van der Waals surface area contributed by atoms with Gasteiger partial charge in [-0.05, 0) is 24.3 Å². The van der Waals surface area contributed by atoms with E-state index in [0.717, 1.165) is 12.1 Å². The third-order valence-electron chi connectivity index (χ3n) is 3.40. The molecule has 1 heterocycles. The van der Waals surface area contributed by atoms with Gasteiger partial charge in [0.05, 0.1) is 5.69 Å². The highest BCUT2D eigenvalue weighted by Gasteiger charge is 2.12. The van der Waals surface area contributed by atoms with Gasteiger partial charge in [-0.3, -0.25) is 15.6 Å². The predicted octanol–water partition coefficient (Wildman–Crippen LogP) is 2.84. The van der Waals surface area contributed by atoms with Gasteiger partial charge in [0.25, 0.3) is 5.91 Å². The molecule has 0 unspecified atom stereocenters. The van der Waals surface area contributed by atoms with Crippen molar-refractivity contribution in [2.75, 3.05) is 16.5 Å². The van der Waals surface area contributed by atoms with Crippen LogP contribution in [-0.2, 0) is 0 Å². The molecule has 5 N–H and O–H groups in total. The first-order valence-corrected chi connectivity index (χ1v) is 7.48. The maximum absolute atomic E-state index is 13.8. The summed E-state index contributed by atoms with van der Waals surface area (Å²) in [5.41, 5.74) is 11.5. The Bertz CT molecular complexity index is 936. The highest BCUT2D eigenvalue weighted by atomic mass is 19.1. The van der Waals surface area contributed by atoms with Crippen LogP contribution in [0.5, 0.6) is 0 Å². The van der Waals surface area contributed by atoms with Gasteiger partial charge < -0.3 is 11.1 Å². The molecule has 1 amide bonds. The number of nitrogens with two attached hydrogens (primary N) is 1. The van der Waals surface area contributed by atoms with Gasteiger partial charge in [-0.2, -0.15) is 0 Å². The predicted molar refractivity (Wildman–Crippen MR) is 93.6 cm³/mol. The third-order valence-corrected chi connectivity index (χ3v) is 3.40. The summed E-state index contributed by atoms with van der Waals surface area (Å²) in [4.78, 5) is 19.9. The van der Waals surface area contributed by atoms with E-state index >= 15 is 0 Å². The second-order valence-electron chi connectivity index (χ2n) is 5.18. The van der Waals surface area contributed by atoms with E-state index in [0.29, 0.717) is 5.56 Å². The Balaban J connectivity index is 1.74. The number of hydrogen-bond donors (Lipinski definition) is 4. The number of nitrogens with one attached hydrogen (secondary N) is 3. The number of nitrogens with zero attached hydrogens (tertiary/aromatic N) is 2. The summed E-state index contributed by atoms with van der Waals surface area (Å²) in [6.07, 6.45) is 1.18. The summed E-state index contributed by atoms with van der Waals surface area (Å²) in [5, 5.41) is 2.66. The molecule has 2 aromatic carbocycles.